The van der Waals surface area contributed by atoms with Crippen LogP contribution in [0, 0.1) is 36.0 Å². The van der Waals surface area contributed by atoms with Crippen molar-refractivity contribution in [2.24, 2.45) is 4.99 Å². The molecule has 0 fully saturated rings. The number of aryl methyl sites for hydroxylation is 1. The van der Waals surface area contributed by atoms with E-state index >= 15 is 0 Å². The summed E-state index contributed by atoms with van der Waals surface area (Å²) in [7, 11) is 0. The highest BCUT2D eigenvalue weighted by Gasteiger charge is 2.24. The van der Waals surface area contributed by atoms with Crippen molar-refractivity contribution in [3.8, 4) is 0 Å². The van der Waals surface area contributed by atoms with E-state index in [1.807, 2.05) is 0 Å². The summed E-state index contributed by atoms with van der Waals surface area (Å²) < 4.78 is 77.4. The number of anilines is 1. The van der Waals surface area contributed by atoms with Gasteiger partial charge < -0.3 is 9.15 Å². The molecule has 184 valence electrons. The second-order valence-electron chi connectivity index (χ2n) is 7.57. The van der Waals surface area contributed by atoms with Crippen LogP contribution in [0.5, 0.6) is 0 Å². The van der Waals surface area contributed by atoms with Crippen molar-refractivity contribution in [1.82, 2.24) is 0 Å². The average molecular weight is 502 g/mol. The van der Waals surface area contributed by atoms with Gasteiger partial charge in [-0.3, -0.25) is 10.3 Å². The molecule has 0 saturated heterocycles. The summed E-state index contributed by atoms with van der Waals surface area (Å²) in [5.41, 5.74) is 0.383. The van der Waals surface area contributed by atoms with Crippen LogP contribution in [0.3, 0.4) is 0 Å². The van der Waals surface area contributed by atoms with Crippen molar-refractivity contribution >= 4 is 34.7 Å². The molecule has 1 N–H and O–H groups in total. The Bertz CT molecular complexity index is 1540. The number of carbonyl (C=O) groups excluding carboxylic acids is 1. The number of ether oxygens (including phenoxy) is 1. The average Bonchev–Trinajstić information content (AvgIpc) is 2.85. The van der Waals surface area contributed by atoms with Gasteiger partial charge in [0.25, 0.3) is 0 Å². The minimum Gasteiger partial charge on any atom is -0.444 e. The molecule has 0 aliphatic carbocycles. The van der Waals surface area contributed by atoms with Crippen molar-refractivity contribution < 1.29 is 35.9 Å². The van der Waals surface area contributed by atoms with E-state index in [4.69, 9.17) is 9.15 Å². The minimum absolute atomic E-state index is 0.144. The number of halogens is 5. The van der Waals surface area contributed by atoms with Crippen LogP contribution >= 0.6 is 0 Å². The zero-order valence-corrected chi connectivity index (χ0v) is 18.4. The highest BCUT2D eigenvalue weighted by molar-refractivity contribution is 5.90. The van der Waals surface area contributed by atoms with Gasteiger partial charge in [-0.15, -0.1) is 0 Å². The van der Waals surface area contributed by atoms with Gasteiger partial charge in [-0.1, -0.05) is 12.1 Å². The Hall–Kier alpha value is -4.54. The number of carbonyl (C=O) groups is 1. The second-order valence-corrected chi connectivity index (χ2v) is 7.57. The molecule has 0 saturated carbocycles. The predicted octanol–water partition coefficient (Wildman–Crippen LogP) is 6.30. The van der Waals surface area contributed by atoms with Crippen molar-refractivity contribution in [3.63, 3.8) is 0 Å². The molecule has 0 radical (unpaired) electrons. The van der Waals surface area contributed by atoms with Crippen molar-refractivity contribution in [2.45, 2.75) is 13.5 Å². The van der Waals surface area contributed by atoms with Crippen LogP contribution in [-0.2, 0) is 11.3 Å². The van der Waals surface area contributed by atoms with Crippen LogP contribution in [0.25, 0.3) is 11.0 Å². The number of benzene rings is 3. The summed E-state index contributed by atoms with van der Waals surface area (Å²) in [6.45, 7) is 1.62. The fraction of sp³-hybridized carbons (Fsp3) is 0.0800. The first-order valence-electron chi connectivity index (χ1n) is 10.3. The summed E-state index contributed by atoms with van der Waals surface area (Å²) in [6.07, 6.45) is -0.250. The lowest BCUT2D eigenvalue weighted by molar-refractivity contribution is 0.155. The Balaban J connectivity index is 1.38. The monoisotopic (exact) mass is 502 g/mol. The van der Waals surface area contributed by atoms with Crippen LogP contribution < -0.4 is 10.9 Å². The van der Waals surface area contributed by atoms with E-state index in [9.17, 15) is 31.5 Å². The first-order chi connectivity index (χ1) is 17.1. The van der Waals surface area contributed by atoms with E-state index in [2.05, 4.69) is 10.3 Å². The number of rotatable bonds is 5. The molecule has 1 amide bonds. The van der Waals surface area contributed by atoms with Gasteiger partial charge >= 0.3 is 11.7 Å². The van der Waals surface area contributed by atoms with Gasteiger partial charge in [0.1, 0.15) is 12.2 Å². The number of hydrogen-bond donors (Lipinski definition) is 1. The summed E-state index contributed by atoms with van der Waals surface area (Å²) in [5.74, 6) is -10.4. The lowest BCUT2D eigenvalue weighted by atomic mass is 10.1. The van der Waals surface area contributed by atoms with Crippen LogP contribution in [0.1, 0.15) is 16.7 Å². The molecule has 4 rings (SSSR count). The predicted molar refractivity (Wildman–Crippen MR) is 121 cm³/mol. The molecular weight excluding hydrogens is 487 g/mol. The third-order valence-electron chi connectivity index (χ3n) is 5.09. The van der Waals surface area contributed by atoms with Crippen LogP contribution in [0.15, 0.2) is 62.7 Å². The molecule has 0 spiro atoms. The quantitative estimate of drug-likeness (QED) is 0.114. The van der Waals surface area contributed by atoms with E-state index in [0.717, 1.165) is 10.9 Å². The number of nitrogens with zero attached hydrogens (tertiary/aromatic N) is 1. The van der Waals surface area contributed by atoms with Crippen molar-refractivity contribution in [1.29, 1.82) is 0 Å². The van der Waals surface area contributed by atoms with Crippen molar-refractivity contribution in [3.05, 3.63) is 105 Å². The third kappa shape index (κ3) is 5.09. The standard InChI is InChI=1S/C25H15F5N2O4/c1-12-8-19(33)36-18-9-15(6-7-16(12)18)32-25(34)35-11-13-2-4-14(5-3-13)31-10-17-20(26)22(28)24(30)23(29)21(17)27/h2-10H,11H2,1H3,(H,32,34). The number of amides is 1. The largest absolute Gasteiger partial charge is 0.444 e. The van der Waals surface area contributed by atoms with Gasteiger partial charge in [0.2, 0.25) is 5.82 Å². The highest BCUT2D eigenvalue weighted by atomic mass is 19.2. The molecular formula is C25H15F5N2O4. The zero-order chi connectivity index (χ0) is 26.0. The van der Waals surface area contributed by atoms with Crippen LogP contribution in [-0.4, -0.2) is 12.3 Å². The molecule has 6 nitrogen and oxygen atoms in total. The number of nitrogens with one attached hydrogen (secondary N) is 1. The molecule has 0 atom stereocenters. The Morgan fingerprint density at radius 3 is 2.25 bits per heavy atom. The SMILES string of the molecule is Cc1cc(=O)oc2cc(NC(=O)OCc3ccc(N=Cc4c(F)c(F)c(F)c(F)c4F)cc3)ccc12. The molecule has 11 heteroatoms. The summed E-state index contributed by atoms with van der Waals surface area (Å²) >= 11 is 0. The number of hydrogen-bond acceptors (Lipinski definition) is 5. The van der Waals surface area contributed by atoms with Crippen LogP contribution in [0.4, 0.5) is 38.1 Å². The Kier molecular flexibility index (Phi) is 6.82. The van der Waals surface area contributed by atoms with Gasteiger partial charge in [-0.25, -0.2) is 31.5 Å². The molecule has 4 aromatic rings. The van der Waals surface area contributed by atoms with Gasteiger partial charge in [-0.05, 0) is 42.3 Å². The lowest BCUT2D eigenvalue weighted by Gasteiger charge is -2.08. The zero-order valence-electron chi connectivity index (χ0n) is 18.4. The second kappa shape index (κ2) is 9.98. The summed E-state index contributed by atoms with van der Waals surface area (Å²) in [6, 6.07) is 11.9. The molecule has 0 bridgehead atoms. The fourth-order valence-corrected chi connectivity index (χ4v) is 3.26. The number of fused-ring (bicyclic) bond motifs is 1. The van der Waals surface area contributed by atoms with Gasteiger partial charge in [-0.2, -0.15) is 0 Å². The normalized spacial score (nSPS) is 11.3. The van der Waals surface area contributed by atoms with E-state index in [-0.39, 0.29) is 12.3 Å². The molecule has 1 aromatic heterocycles. The Morgan fingerprint density at radius 2 is 1.58 bits per heavy atom. The molecule has 36 heavy (non-hydrogen) atoms. The maximum atomic E-state index is 13.7. The summed E-state index contributed by atoms with van der Waals surface area (Å²) in [4.78, 5) is 27.4. The number of aliphatic imine (C=N–C) groups is 1. The van der Waals surface area contributed by atoms with Crippen LogP contribution in [0.2, 0.25) is 0 Å². The fourth-order valence-electron chi connectivity index (χ4n) is 3.26. The third-order valence-corrected chi connectivity index (χ3v) is 5.09. The molecule has 1 heterocycles. The topological polar surface area (TPSA) is 80.9 Å². The van der Waals surface area contributed by atoms with E-state index in [1.54, 1.807) is 19.1 Å². The molecule has 0 unspecified atom stereocenters. The highest BCUT2D eigenvalue weighted by Crippen LogP contribution is 2.23. The van der Waals surface area contributed by atoms with E-state index in [1.165, 1.54) is 36.4 Å². The van der Waals surface area contributed by atoms with Gasteiger partial charge in [0.15, 0.2) is 23.3 Å². The summed E-state index contributed by atoms with van der Waals surface area (Å²) in [5, 5.41) is 3.23. The Morgan fingerprint density at radius 1 is 0.944 bits per heavy atom. The Labute approximate surface area is 199 Å². The maximum Gasteiger partial charge on any atom is 0.411 e. The van der Waals surface area contributed by atoms with Gasteiger partial charge in [0, 0.05) is 29.4 Å². The van der Waals surface area contributed by atoms with Crippen molar-refractivity contribution in [2.75, 3.05) is 5.32 Å². The first-order valence-corrected chi connectivity index (χ1v) is 10.3. The van der Waals surface area contributed by atoms with Gasteiger partial charge in [0.05, 0.1) is 11.3 Å². The lowest BCUT2D eigenvalue weighted by Crippen LogP contribution is -2.13. The first kappa shape index (κ1) is 24.6. The van der Waals surface area contributed by atoms with E-state index < -0.39 is 46.4 Å². The molecule has 0 aliphatic heterocycles. The van der Waals surface area contributed by atoms with E-state index in [0.29, 0.717) is 23.0 Å². The maximum absolute atomic E-state index is 13.7. The molecule has 3 aromatic carbocycles. The minimum atomic E-state index is -2.25. The smallest absolute Gasteiger partial charge is 0.411 e. The molecule has 0 aliphatic rings.